The van der Waals surface area contributed by atoms with Gasteiger partial charge in [-0.2, -0.15) is 0 Å². The summed E-state index contributed by atoms with van der Waals surface area (Å²) < 4.78 is 30.7. The molecule has 2 N–H and O–H groups in total. The molecule has 2 aliphatic heterocycles. The highest BCUT2D eigenvalue weighted by Gasteiger charge is 2.54. The quantitative estimate of drug-likeness (QED) is 0.376. The molecule has 0 saturated carbocycles. The number of imide groups is 1. The maximum absolute atomic E-state index is 12.9. The van der Waals surface area contributed by atoms with E-state index in [2.05, 4.69) is 25.6 Å². The van der Waals surface area contributed by atoms with Crippen molar-refractivity contribution >= 4 is 34.6 Å². The van der Waals surface area contributed by atoms with Crippen molar-refractivity contribution in [2.24, 2.45) is 0 Å². The van der Waals surface area contributed by atoms with Gasteiger partial charge in [-0.3, -0.25) is 19.2 Å². The van der Waals surface area contributed by atoms with E-state index in [-0.39, 0.29) is 12.5 Å². The number of aryl methyl sites for hydroxylation is 1. The Bertz CT molecular complexity index is 1040. The summed E-state index contributed by atoms with van der Waals surface area (Å²) in [5, 5.41) is 4.09. The summed E-state index contributed by atoms with van der Waals surface area (Å²) in [6, 6.07) is 4.35. The molecule has 2 fully saturated rings. The van der Waals surface area contributed by atoms with Crippen molar-refractivity contribution < 1.29 is 23.1 Å². The van der Waals surface area contributed by atoms with E-state index in [1.807, 2.05) is 0 Å². The number of carbonyl (C=O) groups excluding carboxylic acids is 2. The SMILES string of the molecule is O=C1NC(=O)C(CCCc2ncccn2)(C(N2CCC(Oc3ccc(Cl)cn3)CC2)S(=O)[O-])N1. The predicted molar refractivity (Wildman–Crippen MR) is 122 cm³/mol. The standard InChI is InChI=1S/C21H25ClN6O5S/c22-14-4-5-17(25-13-14)33-15-6-11-28(12-7-15)19(34(31)32)21(18(29)26-20(30)27-21)8-1-3-16-23-9-2-10-24-16/h2,4-5,9-10,13,15,19H,1,3,6-8,11-12H2,(H,31,32)(H2,26,27,29,30)/p-1. The van der Waals surface area contributed by atoms with E-state index in [1.165, 1.54) is 6.20 Å². The van der Waals surface area contributed by atoms with Crippen molar-refractivity contribution in [3.05, 3.63) is 47.6 Å². The maximum Gasteiger partial charge on any atom is 0.322 e. The van der Waals surface area contributed by atoms with Gasteiger partial charge < -0.3 is 14.6 Å². The molecule has 3 amide bonds. The largest absolute Gasteiger partial charge is 0.771 e. The van der Waals surface area contributed by atoms with Gasteiger partial charge in [-0.15, -0.1) is 0 Å². The smallest absolute Gasteiger partial charge is 0.322 e. The number of pyridine rings is 1. The number of nitrogens with zero attached hydrogens (tertiary/aromatic N) is 4. The van der Waals surface area contributed by atoms with Crippen LogP contribution in [0.3, 0.4) is 0 Å². The van der Waals surface area contributed by atoms with Gasteiger partial charge in [0.1, 0.15) is 22.8 Å². The van der Waals surface area contributed by atoms with E-state index in [1.54, 1.807) is 35.5 Å². The highest BCUT2D eigenvalue weighted by Crippen LogP contribution is 2.31. The van der Waals surface area contributed by atoms with Gasteiger partial charge in [0.05, 0.1) is 5.02 Å². The average molecular weight is 508 g/mol. The van der Waals surface area contributed by atoms with Gasteiger partial charge in [0, 0.05) is 44.2 Å². The number of likely N-dealkylation sites (tertiary alicyclic amines) is 1. The van der Waals surface area contributed by atoms with E-state index in [9.17, 15) is 18.4 Å². The number of amides is 3. The summed E-state index contributed by atoms with van der Waals surface area (Å²) in [4.78, 5) is 39.1. The fourth-order valence-electron chi connectivity index (χ4n) is 4.39. The van der Waals surface area contributed by atoms with Gasteiger partial charge in [-0.05, 0) is 48.9 Å². The Kier molecular flexibility index (Phi) is 7.71. The third kappa shape index (κ3) is 5.52. The van der Waals surface area contributed by atoms with Crippen LogP contribution in [0.25, 0.3) is 0 Å². The molecule has 182 valence electrons. The maximum atomic E-state index is 12.9. The first-order chi connectivity index (χ1) is 16.4. The Morgan fingerprint density at radius 2 is 1.97 bits per heavy atom. The highest BCUT2D eigenvalue weighted by atomic mass is 35.5. The van der Waals surface area contributed by atoms with Crippen LogP contribution in [0.1, 0.15) is 31.5 Å². The van der Waals surface area contributed by atoms with Crippen LogP contribution in [-0.2, 0) is 22.3 Å². The lowest BCUT2D eigenvalue weighted by atomic mass is 9.90. The monoisotopic (exact) mass is 507 g/mol. The molecule has 0 aliphatic carbocycles. The number of piperidine rings is 1. The number of aromatic nitrogens is 3. The molecule has 2 aromatic rings. The van der Waals surface area contributed by atoms with Crippen molar-refractivity contribution in [1.29, 1.82) is 0 Å². The number of hydrogen-bond donors (Lipinski definition) is 2. The summed E-state index contributed by atoms with van der Waals surface area (Å²) in [5.74, 6) is 0.370. The first-order valence-corrected chi connectivity index (χ1v) is 12.4. The molecular weight excluding hydrogens is 484 g/mol. The fraction of sp³-hybridized carbons (Fsp3) is 0.476. The van der Waals surface area contributed by atoms with Crippen molar-refractivity contribution in [2.75, 3.05) is 13.1 Å². The zero-order valence-corrected chi connectivity index (χ0v) is 19.8. The van der Waals surface area contributed by atoms with Crippen LogP contribution in [0.15, 0.2) is 36.8 Å². The fourth-order valence-corrected chi connectivity index (χ4v) is 5.57. The van der Waals surface area contributed by atoms with Crippen LogP contribution in [0.5, 0.6) is 5.88 Å². The summed E-state index contributed by atoms with van der Waals surface area (Å²) in [5.41, 5.74) is -1.61. The first kappa shape index (κ1) is 24.5. The molecule has 13 heteroatoms. The molecule has 0 radical (unpaired) electrons. The molecule has 0 bridgehead atoms. The summed E-state index contributed by atoms with van der Waals surface area (Å²) in [6.07, 6.45) is 6.58. The number of nitrogens with one attached hydrogen (secondary N) is 2. The second-order valence-corrected chi connectivity index (χ2v) is 9.58. The van der Waals surface area contributed by atoms with Crippen LogP contribution in [0, 0.1) is 0 Å². The Balaban J connectivity index is 1.45. The molecular formula is C21H24ClN6O5S-. The van der Waals surface area contributed by atoms with E-state index in [0.717, 1.165) is 0 Å². The van der Waals surface area contributed by atoms with Gasteiger partial charge in [0.2, 0.25) is 5.88 Å². The minimum absolute atomic E-state index is 0.118. The second kappa shape index (κ2) is 10.7. The summed E-state index contributed by atoms with van der Waals surface area (Å²) in [7, 11) is 0. The zero-order chi connectivity index (χ0) is 24.1. The molecule has 0 spiro atoms. The number of halogens is 1. The van der Waals surface area contributed by atoms with Gasteiger partial charge >= 0.3 is 6.03 Å². The lowest BCUT2D eigenvalue weighted by Crippen LogP contribution is -2.65. The van der Waals surface area contributed by atoms with Gasteiger partial charge in [-0.25, -0.2) is 19.7 Å². The number of ether oxygens (including phenoxy) is 1. The molecule has 4 rings (SSSR count). The molecule has 34 heavy (non-hydrogen) atoms. The second-order valence-electron chi connectivity index (χ2n) is 8.18. The Hall–Kier alpha value is -2.67. The van der Waals surface area contributed by atoms with Crippen molar-refractivity contribution in [1.82, 2.24) is 30.5 Å². The lowest BCUT2D eigenvalue weighted by Gasteiger charge is -2.45. The minimum Gasteiger partial charge on any atom is -0.771 e. The lowest BCUT2D eigenvalue weighted by molar-refractivity contribution is -0.126. The van der Waals surface area contributed by atoms with Crippen molar-refractivity contribution in [3.63, 3.8) is 0 Å². The van der Waals surface area contributed by atoms with Crippen LogP contribution < -0.4 is 15.4 Å². The van der Waals surface area contributed by atoms with Gasteiger partial charge in [0.25, 0.3) is 5.91 Å². The van der Waals surface area contributed by atoms with Crippen LogP contribution >= 0.6 is 11.6 Å². The van der Waals surface area contributed by atoms with E-state index >= 15 is 0 Å². The van der Waals surface area contributed by atoms with Gasteiger partial charge in [0.15, 0.2) is 0 Å². The first-order valence-electron chi connectivity index (χ1n) is 10.9. The van der Waals surface area contributed by atoms with Crippen molar-refractivity contribution in [2.45, 2.75) is 49.1 Å². The molecule has 2 aromatic heterocycles. The number of rotatable bonds is 9. The third-order valence-electron chi connectivity index (χ3n) is 5.96. The molecule has 0 aromatic carbocycles. The Morgan fingerprint density at radius 1 is 1.24 bits per heavy atom. The van der Waals surface area contributed by atoms with E-state index < -0.39 is 33.9 Å². The van der Waals surface area contributed by atoms with E-state index in [0.29, 0.717) is 55.5 Å². The molecule has 2 saturated heterocycles. The summed E-state index contributed by atoms with van der Waals surface area (Å²) >= 11 is 3.19. The molecule has 2 aliphatic rings. The number of hydrogen-bond acceptors (Lipinski definition) is 9. The van der Waals surface area contributed by atoms with Crippen LogP contribution in [0.4, 0.5) is 4.79 Å². The topological polar surface area (TPSA) is 149 Å². The van der Waals surface area contributed by atoms with Crippen LogP contribution in [-0.4, -0.2) is 70.7 Å². The van der Waals surface area contributed by atoms with Crippen molar-refractivity contribution in [3.8, 4) is 5.88 Å². The normalized spacial score (nSPS) is 23.2. The third-order valence-corrected chi connectivity index (χ3v) is 7.25. The highest BCUT2D eigenvalue weighted by molar-refractivity contribution is 7.79. The molecule has 4 heterocycles. The summed E-state index contributed by atoms with van der Waals surface area (Å²) in [6.45, 7) is 0.729. The zero-order valence-electron chi connectivity index (χ0n) is 18.2. The van der Waals surface area contributed by atoms with E-state index in [4.69, 9.17) is 16.3 Å². The number of carbonyl (C=O) groups is 2. The Morgan fingerprint density at radius 3 is 2.56 bits per heavy atom. The average Bonchev–Trinajstić information content (AvgIpc) is 3.10. The number of urea groups is 1. The van der Waals surface area contributed by atoms with Gasteiger partial charge in [-0.1, -0.05) is 11.6 Å². The molecule has 11 nitrogen and oxygen atoms in total. The molecule has 3 atom stereocenters. The van der Waals surface area contributed by atoms with Crippen LogP contribution in [0.2, 0.25) is 5.02 Å². The minimum atomic E-state index is -2.66. The molecule has 3 unspecified atom stereocenters. The Labute approximate surface area is 203 Å². The predicted octanol–water partition coefficient (Wildman–Crippen LogP) is 1.17.